The molecule has 4 rings (SSSR count). The molecule has 0 aliphatic carbocycles. The number of carboxylic acids is 1. The molecule has 4 N–H and O–H groups in total. The standard InChI is InChI=1S/C26H27N3O3/c1-26(2,16-27)23(24-28-10-11-29-24)20-7-6-19-14-22(9-8-18(19)13-20)32-15-17-4-3-5-21(12-17)25(30)31/h3-14,23H,15-16,27H2,1-2H3,(H,28,29)(H,30,31). The fourth-order valence-electron chi connectivity index (χ4n) is 4.00. The van der Waals surface area contributed by atoms with E-state index in [4.69, 9.17) is 15.6 Å². The van der Waals surface area contributed by atoms with Crippen LogP contribution in [0.5, 0.6) is 5.75 Å². The van der Waals surface area contributed by atoms with Gasteiger partial charge in [-0.3, -0.25) is 0 Å². The molecule has 4 aromatic rings. The number of fused-ring (bicyclic) bond motifs is 1. The second-order valence-corrected chi connectivity index (χ2v) is 8.66. The zero-order valence-electron chi connectivity index (χ0n) is 18.2. The predicted octanol–water partition coefficient (Wildman–Crippen LogP) is 4.96. The summed E-state index contributed by atoms with van der Waals surface area (Å²) in [6.45, 7) is 5.14. The Morgan fingerprint density at radius 3 is 2.62 bits per heavy atom. The lowest BCUT2D eigenvalue weighted by molar-refractivity contribution is 0.0696. The van der Waals surface area contributed by atoms with Crippen LogP contribution in [0.3, 0.4) is 0 Å². The molecule has 0 aliphatic heterocycles. The van der Waals surface area contributed by atoms with Gasteiger partial charge >= 0.3 is 5.97 Å². The first-order valence-electron chi connectivity index (χ1n) is 10.6. The van der Waals surface area contributed by atoms with Crippen molar-refractivity contribution in [1.29, 1.82) is 0 Å². The number of nitrogens with one attached hydrogen (secondary N) is 1. The lowest BCUT2D eigenvalue weighted by atomic mass is 9.74. The van der Waals surface area contributed by atoms with Crippen molar-refractivity contribution in [2.24, 2.45) is 11.1 Å². The van der Waals surface area contributed by atoms with Crippen molar-refractivity contribution in [1.82, 2.24) is 9.97 Å². The quantitative estimate of drug-likeness (QED) is 0.368. The first-order chi connectivity index (χ1) is 15.4. The lowest BCUT2D eigenvalue weighted by Gasteiger charge is -2.32. The van der Waals surface area contributed by atoms with Crippen LogP contribution in [0.25, 0.3) is 10.8 Å². The molecular weight excluding hydrogens is 402 g/mol. The third-order valence-electron chi connectivity index (χ3n) is 5.85. The summed E-state index contributed by atoms with van der Waals surface area (Å²) >= 11 is 0. The van der Waals surface area contributed by atoms with Crippen molar-refractivity contribution >= 4 is 16.7 Å². The summed E-state index contributed by atoms with van der Waals surface area (Å²) in [4.78, 5) is 18.9. The SMILES string of the molecule is CC(C)(CN)C(c1ccc2cc(OCc3cccc(C(=O)O)c3)ccc2c1)c1ncc[nH]1. The Labute approximate surface area is 187 Å². The number of nitrogens with two attached hydrogens (primary N) is 1. The number of aromatic carboxylic acids is 1. The summed E-state index contributed by atoms with van der Waals surface area (Å²) < 4.78 is 5.92. The highest BCUT2D eigenvalue weighted by atomic mass is 16.5. The van der Waals surface area contributed by atoms with Gasteiger partial charge < -0.3 is 20.6 Å². The van der Waals surface area contributed by atoms with E-state index in [0.717, 1.165) is 33.5 Å². The summed E-state index contributed by atoms with van der Waals surface area (Å²) in [5, 5.41) is 11.3. The molecule has 32 heavy (non-hydrogen) atoms. The molecule has 6 nitrogen and oxygen atoms in total. The molecule has 1 heterocycles. The van der Waals surface area contributed by atoms with Crippen LogP contribution in [0, 0.1) is 5.41 Å². The van der Waals surface area contributed by atoms with Crippen molar-refractivity contribution in [2.45, 2.75) is 26.4 Å². The van der Waals surface area contributed by atoms with Gasteiger partial charge in [-0.2, -0.15) is 0 Å². The molecule has 1 unspecified atom stereocenters. The van der Waals surface area contributed by atoms with Gasteiger partial charge in [-0.1, -0.05) is 50.2 Å². The minimum atomic E-state index is -0.945. The van der Waals surface area contributed by atoms with E-state index in [2.05, 4.69) is 42.0 Å². The van der Waals surface area contributed by atoms with Crippen LogP contribution < -0.4 is 10.5 Å². The summed E-state index contributed by atoms with van der Waals surface area (Å²) in [5.74, 6) is 0.738. The van der Waals surface area contributed by atoms with Crippen LogP contribution >= 0.6 is 0 Å². The highest BCUT2D eigenvalue weighted by Gasteiger charge is 2.33. The van der Waals surface area contributed by atoms with E-state index < -0.39 is 5.97 Å². The van der Waals surface area contributed by atoms with Gasteiger partial charge in [0.1, 0.15) is 18.2 Å². The van der Waals surface area contributed by atoms with E-state index in [0.29, 0.717) is 13.2 Å². The van der Waals surface area contributed by atoms with Crippen molar-refractivity contribution in [2.75, 3.05) is 6.54 Å². The van der Waals surface area contributed by atoms with E-state index in [1.54, 1.807) is 24.4 Å². The van der Waals surface area contributed by atoms with Crippen LogP contribution in [0.4, 0.5) is 0 Å². The van der Waals surface area contributed by atoms with Crippen LogP contribution in [0.15, 0.2) is 73.1 Å². The monoisotopic (exact) mass is 429 g/mol. The Balaban J connectivity index is 1.58. The Bertz CT molecular complexity index is 1230. The summed E-state index contributed by atoms with van der Waals surface area (Å²) in [5.41, 5.74) is 8.15. The smallest absolute Gasteiger partial charge is 0.335 e. The number of benzene rings is 3. The number of ether oxygens (including phenoxy) is 1. The molecule has 0 spiro atoms. The van der Waals surface area contributed by atoms with E-state index in [1.807, 2.05) is 30.5 Å². The maximum Gasteiger partial charge on any atom is 0.335 e. The fourth-order valence-corrected chi connectivity index (χ4v) is 4.00. The average Bonchev–Trinajstić information content (AvgIpc) is 3.31. The third kappa shape index (κ3) is 4.50. The van der Waals surface area contributed by atoms with E-state index >= 15 is 0 Å². The van der Waals surface area contributed by atoms with Crippen LogP contribution in [0.1, 0.15) is 47.1 Å². The first kappa shape index (κ1) is 21.6. The molecule has 0 amide bonds. The topological polar surface area (TPSA) is 101 Å². The molecule has 0 radical (unpaired) electrons. The number of hydrogen-bond donors (Lipinski definition) is 3. The second kappa shape index (κ2) is 8.85. The maximum atomic E-state index is 11.2. The van der Waals surface area contributed by atoms with Crippen LogP contribution in [-0.2, 0) is 6.61 Å². The number of nitrogens with zero attached hydrogens (tertiary/aromatic N) is 1. The van der Waals surface area contributed by atoms with Gasteiger partial charge in [0.15, 0.2) is 0 Å². The Morgan fingerprint density at radius 2 is 1.91 bits per heavy atom. The molecular formula is C26H27N3O3. The van der Waals surface area contributed by atoms with E-state index in [-0.39, 0.29) is 16.9 Å². The number of aromatic nitrogens is 2. The van der Waals surface area contributed by atoms with Gasteiger partial charge in [0.25, 0.3) is 0 Å². The summed E-state index contributed by atoms with van der Waals surface area (Å²) in [6, 6.07) is 19.1. The van der Waals surface area contributed by atoms with E-state index in [9.17, 15) is 4.79 Å². The van der Waals surface area contributed by atoms with E-state index in [1.165, 1.54) is 0 Å². The second-order valence-electron chi connectivity index (χ2n) is 8.66. The number of imidazole rings is 1. The lowest BCUT2D eigenvalue weighted by Crippen LogP contribution is -2.32. The third-order valence-corrected chi connectivity index (χ3v) is 5.85. The normalized spacial score (nSPS) is 12.6. The van der Waals surface area contributed by atoms with Crippen molar-refractivity contribution in [3.63, 3.8) is 0 Å². The molecule has 0 bridgehead atoms. The van der Waals surface area contributed by atoms with Crippen LogP contribution in [0.2, 0.25) is 0 Å². The fraction of sp³-hybridized carbons (Fsp3) is 0.231. The number of carbonyl (C=O) groups is 1. The molecule has 1 aromatic heterocycles. The zero-order chi connectivity index (χ0) is 22.7. The highest BCUT2D eigenvalue weighted by Crippen LogP contribution is 2.39. The number of rotatable bonds is 8. The molecule has 1 atom stereocenters. The Morgan fingerprint density at radius 1 is 1.12 bits per heavy atom. The zero-order valence-corrected chi connectivity index (χ0v) is 18.2. The largest absolute Gasteiger partial charge is 0.489 e. The Hall–Kier alpha value is -3.64. The minimum absolute atomic E-state index is 0.0457. The average molecular weight is 430 g/mol. The summed E-state index contributed by atoms with van der Waals surface area (Å²) in [7, 11) is 0. The van der Waals surface area contributed by atoms with Gasteiger partial charge in [0, 0.05) is 18.3 Å². The minimum Gasteiger partial charge on any atom is -0.489 e. The molecule has 0 saturated heterocycles. The maximum absolute atomic E-state index is 11.2. The highest BCUT2D eigenvalue weighted by molar-refractivity contribution is 5.87. The van der Waals surface area contributed by atoms with Gasteiger partial charge in [0.05, 0.1) is 5.56 Å². The molecule has 0 fully saturated rings. The summed E-state index contributed by atoms with van der Waals surface area (Å²) in [6.07, 6.45) is 3.61. The van der Waals surface area contributed by atoms with Gasteiger partial charge in [-0.25, -0.2) is 9.78 Å². The van der Waals surface area contributed by atoms with Gasteiger partial charge in [-0.15, -0.1) is 0 Å². The number of H-pyrrole nitrogens is 1. The number of aromatic amines is 1. The first-order valence-corrected chi connectivity index (χ1v) is 10.6. The van der Waals surface area contributed by atoms with Crippen molar-refractivity contribution in [3.05, 3.63) is 95.6 Å². The molecule has 0 saturated carbocycles. The number of hydrogen-bond acceptors (Lipinski definition) is 4. The van der Waals surface area contributed by atoms with Crippen LogP contribution in [-0.4, -0.2) is 27.6 Å². The molecule has 164 valence electrons. The molecule has 6 heteroatoms. The van der Waals surface area contributed by atoms with Gasteiger partial charge in [0.2, 0.25) is 0 Å². The predicted molar refractivity (Wildman–Crippen MR) is 125 cm³/mol. The molecule has 0 aliphatic rings. The number of carboxylic acid groups (broad SMARTS) is 1. The van der Waals surface area contributed by atoms with Gasteiger partial charge in [-0.05, 0) is 58.1 Å². The molecule has 3 aromatic carbocycles. The van der Waals surface area contributed by atoms with Crippen molar-refractivity contribution in [3.8, 4) is 5.75 Å². The Kier molecular flexibility index (Phi) is 5.97. The van der Waals surface area contributed by atoms with Crippen molar-refractivity contribution < 1.29 is 14.6 Å².